The van der Waals surface area contributed by atoms with Crippen molar-refractivity contribution in [3.8, 4) is 0 Å². The molecule has 0 unspecified atom stereocenters. The lowest BCUT2D eigenvalue weighted by Crippen LogP contribution is -2.08. The largest absolute Gasteiger partial charge is 0.355 e. The monoisotopic (exact) mass is 207 g/mol. The van der Waals surface area contributed by atoms with Crippen molar-refractivity contribution in [2.75, 3.05) is 11.9 Å². The van der Waals surface area contributed by atoms with Gasteiger partial charge >= 0.3 is 0 Å². The van der Waals surface area contributed by atoms with E-state index in [1.807, 2.05) is 17.8 Å². The van der Waals surface area contributed by atoms with Gasteiger partial charge in [-0.25, -0.2) is 4.98 Å². The van der Waals surface area contributed by atoms with E-state index in [0.29, 0.717) is 0 Å². The first-order chi connectivity index (χ1) is 6.86. The molecule has 74 valence electrons. The van der Waals surface area contributed by atoms with Gasteiger partial charge in [-0.2, -0.15) is 11.3 Å². The van der Waals surface area contributed by atoms with Gasteiger partial charge in [0, 0.05) is 26.0 Å². The Morgan fingerprint density at radius 2 is 2.50 bits per heavy atom. The second-order valence-electron chi connectivity index (χ2n) is 3.17. The number of anilines is 1. The van der Waals surface area contributed by atoms with Crippen molar-refractivity contribution < 1.29 is 0 Å². The van der Waals surface area contributed by atoms with Crippen LogP contribution in [-0.2, 0) is 13.5 Å². The van der Waals surface area contributed by atoms with Crippen molar-refractivity contribution in [2.24, 2.45) is 7.05 Å². The summed E-state index contributed by atoms with van der Waals surface area (Å²) in [5.74, 6) is 0.931. The molecule has 0 bridgehead atoms. The van der Waals surface area contributed by atoms with Crippen LogP contribution >= 0.6 is 11.3 Å². The average molecular weight is 207 g/mol. The molecule has 0 aliphatic carbocycles. The standard InChI is InChI=1S/C10H13N3S/c1-13-6-5-12-10(13)11-4-2-9-3-7-14-8-9/h3,5-8H,2,4H2,1H3,(H,11,12). The number of nitrogens with zero attached hydrogens (tertiary/aromatic N) is 2. The summed E-state index contributed by atoms with van der Waals surface area (Å²) in [4.78, 5) is 4.19. The number of hydrogen-bond donors (Lipinski definition) is 1. The van der Waals surface area contributed by atoms with Gasteiger partial charge in [-0.3, -0.25) is 0 Å². The van der Waals surface area contributed by atoms with Crippen molar-refractivity contribution in [1.29, 1.82) is 0 Å². The number of aryl methyl sites for hydroxylation is 1. The molecule has 0 amide bonds. The van der Waals surface area contributed by atoms with E-state index in [4.69, 9.17) is 0 Å². The highest BCUT2D eigenvalue weighted by molar-refractivity contribution is 7.07. The molecule has 0 aliphatic rings. The molecule has 0 saturated heterocycles. The van der Waals surface area contributed by atoms with Crippen LogP contribution in [0.15, 0.2) is 29.2 Å². The van der Waals surface area contributed by atoms with Crippen molar-refractivity contribution in [3.05, 3.63) is 34.8 Å². The number of aromatic nitrogens is 2. The Morgan fingerprint density at radius 1 is 1.57 bits per heavy atom. The quantitative estimate of drug-likeness (QED) is 0.832. The van der Waals surface area contributed by atoms with Gasteiger partial charge in [-0.05, 0) is 28.8 Å². The molecule has 0 atom stereocenters. The maximum absolute atomic E-state index is 4.19. The van der Waals surface area contributed by atoms with Crippen LogP contribution in [0.5, 0.6) is 0 Å². The zero-order valence-corrected chi connectivity index (χ0v) is 8.92. The zero-order chi connectivity index (χ0) is 9.80. The lowest BCUT2D eigenvalue weighted by atomic mass is 10.2. The molecule has 14 heavy (non-hydrogen) atoms. The first-order valence-electron chi connectivity index (χ1n) is 4.58. The van der Waals surface area contributed by atoms with E-state index in [9.17, 15) is 0 Å². The van der Waals surface area contributed by atoms with E-state index >= 15 is 0 Å². The molecule has 2 aromatic heterocycles. The Hall–Kier alpha value is -1.29. The predicted molar refractivity (Wildman–Crippen MR) is 59.7 cm³/mol. The SMILES string of the molecule is Cn1ccnc1NCCc1ccsc1. The Kier molecular flexibility index (Phi) is 2.84. The molecule has 1 N–H and O–H groups in total. The van der Waals surface area contributed by atoms with E-state index < -0.39 is 0 Å². The maximum Gasteiger partial charge on any atom is 0.202 e. The van der Waals surface area contributed by atoms with Gasteiger partial charge in [0.15, 0.2) is 0 Å². The number of rotatable bonds is 4. The molecule has 0 aliphatic heterocycles. The molecule has 4 heteroatoms. The molecule has 0 aromatic carbocycles. The van der Waals surface area contributed by atoms with E-state index in [0.717, 1.165) is 18.9 Å². The summed E-state index contributed by atoms with van der Waals surface area (Å²) in [6.07, 6.45) is 4.79. The Balaban J connectivity index is 1.81. The number of imidazole rings is 1. The van der Waals surface area contributed by atoms with Crippen LogP contribution < -0.4 is 5.32 Å². The molecule has 2 rings (SSSR count). The maximum atomic E-state index is 4.19. The van der Waals surface area contributed by atoms with Gasteiger partial charge in [0.1, 0.15) is 0 Å². The Labute approximate surface area is 87.4 Å². The molecule has 2 heterocycles. The minimum Gasteiger partial charge on any atom is -0.355 e. The molecule has 0 fully saturated rings. The topological polar surface area (TPSA) is 29.9 Å². The molecule has 0 spiro atoms. The minimum atomic E-state index is 0.931. The van der Waals surface area contributed by atoms with Crippen molar-refractivity contribution in [2.45, 2.75) is 6.42 Å². The second-order valence-corrected chi connectivity index (χ2v) is 3.95. The van der Waals surface area contributed by atoms with E-state index in [1.165, 1.54) is 5.56 Å². The molecule has 3 nitrogen and oxygen atoms in total. The second kappa shape index (κ2) is 4.28. The number of hydrogen-bond acceptors (Lipinski definition) is 3. The van der Waals surface area contributed by atoms with Gasteiger partial charge in [0.2, 0.25) is 5.95 Å². The third-order valence-electron chi connectivity index (χ3n) is 2.10. The normalized spacial score (nSPS) is 10.4. The fourth-order valence-electron chi connectivity index (χ4n) is 1.29. The lowest BCUT2D eigenvalue weighted by molar-refractivity contribution is 0.890. The summed E-state index contributed by atoms with van der Waals surface area (Å²) in [5, 5.41) is 7.58. The van der Waals surface area contributed by atoms with Crippen LogP contribution in [0.1, 0.15) is 5.56 Å². The Bertz CT molecular complexity index is 378. The van der Waals surface area contributed by atoms with Gasteiger partial charge < -0.3 is 9.88 Å². The fourth-order valence-corrected chi connectivity index (χ4v) is 1.99. The van der Waals surface area contributed by atoms with E-state index in [2.05, 4.69) is 27.1 Å². The van der Waals surface area contributed by atoms with E-state index in [1.54, 1.807) is 17.5 Å². The predicted octanol–water partition coefficient (Wildman–Crippen LogP) is 2.14. The van der Waals surface area contributed by atoms with Crippen LogP contribution in [0.2, 0.25) is 0 Å². The summed E-state index contributed by atoms with van der Waals surface area (Å²) in [6, 6.07) is 2.16. The van der Waals surface area contributed by atoms with Gasteiger partial charge in [0.05, 0.1) is 0 Å². The van der Waals surface area contributed by atoms with Gasteiger partial charge in [-0.15, -0.1) is 0 Å². The zero-order valence-electron chi connectivity index (χ0n) is 8.10. The summed E-state index contributed by atoms with van der Waals surface area (Å²) in [7, 11) is 1.99. The van der Waals surface area contributed by atoms with Crippen molar-refractivity contribution in [1.82, 2.24) is 9.55 Å². The highest BCUT2D eigenvalue weighted by Crippen LogP contribution is 2.07. The molecule has 2 aromatic rings. The number of thiophene rings is 1. The van der Waals surface area contributed by atoms with Crippen LogP contribution in [0.25, 0.3) is 0 Å². The van der Waals surface area contributed by atoms with Crippen LogP contribution in [0, 0.1) is 0 Å². The first kappa shape index (κ1) is 9.27. The highest BCUT2D eigenvalue weighted by atomic mass is 32.1. The van der Waals surface area contributed by atoms with Crippen molar-refractivity contribution in [3.63, 3.8) is 0 Å². The summed E-state index contributed by atoms with van der Waals surface area (Å²) in [6.45, 7) is 0.932. The number of nitrogens with one attached hydrogen (secondary N) is 1. The molecule has 0 radical (unpaired) electrons. The van der Waals surface area contributed by atoms with Crippen LogP contribution in [0.3, 0.4) is 0 Å². The molecule has 0 saturated carbocycles. The highest BCUT2D eigenvalue weighted by Gasteiger charge is 1.97. The van der Waals surface area contributed by atoms with Gasteiger partial charge in [0.25, 0.3) is 0 Å². The fraction of sp³-hybridized carbons (Fsp3) is 0.300. The van der Waals surface area contributed by atoms with Crippen molar-refractivity contribution >= 4 is 17.3 Å². The van der Waals surface area contributed by atoms with Gasteiger partial charge in [-0.1, -0.05) is 0 Å². The van der Waals surface area contributed by atoms with Crippen LogP contribution in [0.4, 0.5) is 5.95 Å². The van der Waals surface area contributed by atoms with Crippen LogP contribution in [-0.4, -0.2) is 16.1 Å². The minimum absolute atomic E-state index is 0.931. The summed E-state index contributed by atoms with van der Waals surface area (Å²) in [5.41, 5.74) is 1.39. The molecular weight excluding hydrogens is 194 g/mol. The smallest absolute Gasteiger partial charge is 0.202 e. The summed E-state index contributed by atoms with van der Waals surface area (Å²) >= 11 is 1.74. The van der Waals surface area contributed by atoms with E-state index in [-0.39, 0.29) is 0 Å². The molecular formula is C10H13N3S. The average Bonchev–Trinajstić information content (AvgIpc) is 2.78. The third-order valence-corrected chi connectivity index (χ3v) is 2.83. The first-order valence-corrected chi connectivity index (χ1v) is 5.53. The summed E-state index contributed by atoms with van der Waals surface area (Å²) < 4.78 is 1.98. The third kappa shape index (κ3) is 2.14. The lowest BCUT2D eigenvalue weighted by Gasteiger charge is -2.04. The Morgan fingerprint density at radius 3 is 3.14 bits per heavy atom.